The summed E-state index contributed by atoms with van der Waals surface area (Å²) in [5.41, 5.74) is 15.8. The SMILES string of the molecule is CCN1CC(C)(C)c2cc(N)c(N)cc21. The number of hydrogen-bond donors (Lipinski definition) is 2. The van der Waals surface area contributed by atoms with Gasteiger partial charge in [0.05, 0.1) is 11.4 Å². The Morgan fingerprint density at radius 1 is 1.27 bits per heavy atom. The van der Waals surface area contributed by atoms with Crippen LogP contribution in [0.25, 0.3) is 0 Å². The molecule has 0 atom stereocenters. The van der Waals surface area contributed by atoms with Gasteiger partial charge in [0.1, 0.15) is 0 Å². The summed E-state index contributed by atoms with van der Waals surface area (Å²) in [6.45, 7) is 8.72. The van der Waals surface area contributed by atoms with Crippen molar-refractivity contribution in [1.29, 1.82) is 0 Å². The van der Waals surface area contributed by atoms with E-state index in [9.17, 15) is 0 Å². The van der Waals surface area contributed by atoms with Crippen LogP contribution in [-0.2, 0) is 5.41 Å². The van der Waals surface area contributed by atoms with Gasteiger partial charge in [0, 0.05) is 24.2 Å². The number of hydrogen-bond acceptors (Lipinski definition) is 3. The predicted molar refractivity (Wildman–Crippen MR) is 66.2 cm³/mol. The molecule has 0 amide bonds. The molecule has 1 aliphatic rings. The largest absolute Gasteiger partial charge is 0.397 e. The van der Waals surface area contributed by atoms with E-state index in [0.29, 0.717) is 11.4 Å². The number of nitrogens with two attached hydrogens (primary N) is 2. The molecule has 0 saturated heterocycles. The van der Waals surface area contributed by atoms with Crippen molar-refractivity contribution in [1.82, 2.24) is 0 Å². The van der Waals surface area contributed by atoms with E-state index < -0.39 is 0 Å². The molecule has 0 saturated carbocycles. The molecular formula is C12H19N3. The molecular weight excluding hydrogens is 186 g/mol. The Hall–Kier alpha value is -1.38. The molecule has 0 bridgehead atoms. The Kier molecular flexibility index (Phi) is 2.07. The second-order valence-electron chi connectivity index (χ2n) is 4.90. The van der Waals surface area contributed by atoms with Crippen molar-refractivity contribution in [2.75, 3.05) is 29.5 Å². The van der Waals surface area contributed by atoms with Crippen LogP contribution in [0.2, 0.25) is 0 Å². The Balaban J connectivity index is 2.59. The summed E-state index contributed by atoms with van der Waals surface area (Å²) in [5, 5.41) is 0. The van der Waals surface area contributed by atoms with E-state index in [2.05, 4.69) is 25.7 Å². The molecule has 0 radical (unpaired) electrons. The van der Waals surface area contributed by atoms with Gasteiger partial charge in [-0.2, -0.15) is 0 Å². The monoisotopic (exact) mass is 205 g/mol. The van der Waals surface area contributed by atoms with Gasteiger partial charge in [-0.15, -0.1) is 0 Å². The predicted octanol–water partition coefficient (Wildman–Crippen LogP) is 1.97. The number of anilines is 3. The number of nitrogen functional groups attached to an aromatic ring is 2. The molecule has 0 unspecified atom stereocenters. The van der Waals surface area contributed by atoms with Crippen LogP contribution in [0.3, 0.4) is 0 Å². The highest BCUT2D eigenvalue weighted by Crippen LogP contribution is 2.42. The third kappa shape index (κ3) is 1.42. The van der Waals surface area contributed by atoms with Gasteiger partial charge in [-0.1, -0.05) is 13.8 Å². The molecule has 0 fully saturated rings. The van der Waals surface area contributed by atoms with E-state index in [4.69, 9.17) is 11.5 Å². The van der Waals surface area contributed by atoms with Gasteiger partial charge in [0.15, 0.2) is 0 Å². The second-order valence-corrected chi connectivity index (χ2v) is 4.90. The van der Waals surface area contributed by atoms with Crippen LogP contribution < -0.4 is 16.4 Å². The van der Waals surface area contributed by atoms with Crippen molar-refractivity contribution in [3.8, 4) is 0 Å². The number of nitrogens with zero attached hydrogens (tertiary/aromatic N) is 1. The zero-order chi connectivity index (χ0) is 11.2. The number of benzene rings is 1. The Morgan fingerprint density at radius 3 is 2.47 bits per heavy atom. The minimum absolute atomic E-state index is 0.174. The lowest BCUT2D eigenvalue weighted by Gasteiger charge is -2.20. The van der Waals surface area contributed by atoms with Crippen LogP contribution in [0, 0.1) is 0 Å². The van der Waals surface area contributed by atoms with Crippen LogP contribution in [0.15, 0.2) is 12.1 Å². The first kappa shape index (κ1) is 10.1. The molecule has 1 heterocycles. The summed E-state index contributed by atoms with van der Waals surface area (Å²) in [6, 6.07) is 4.03. The van der Waals surface area contributed by atoms with Gasteiger partial charge >= 0.3 is 0 Å². The summed E-state index contributed by atoms with van der Waals surface area (Å²) in [6.07, 6.45) is 0. The lowest BCUT2D eigenvalue weighted by atomic mass is 9.86. The summed E-state index contributed by atoms with van der Waals surface area (Å²) in [5.74, 6) is 0. The fourth-order valence-electron chi connectivity index (χ4n) is 2.35. The van der Waals surface area contributed by atoms with Gasteiger partial charge in [-0.25, -0.2) is 0 Å². The fourth-order valence-corrected chi connectivity index (χ4v) is 2.35. The molecule has 3 nitrogen and oxygen atoms in total. The van der Waals surface area contributed by atoms with E-state index in [1.807, 2.05) is 12.1 Å². The van der Waals surface area contributed by atoms with Crippen LogP contribution >= 0.6 is 0 Å². The topological polar surface area (TPSA) is 55.3 Å². The maximum atomic E-state index is 5.86. The lowest BCUT2D eigenvalue weighted by Crippen LogP contribution is -2.28. The smallest absolute Gasteiger partial charge is 0.0568 e. The summed E-state index contributed by atoms with van der Waals surface area (Å²) in [7, 11) is 0. The molecule has 1 aromatic rings. The van der Waals surface area contributed by atoms with Gasteiger partial charge < -0.3 is 16.4 Å². The minimum Gasteiger partial charge on any atom is -0.397 e. The molecule has 0 aliphatic carbocycles. The third-order valence-electron chi connectivity index (χ3n) is 3.24. The number of fused-ring (bicyclic) bond motifs is 1. The molecule has 82 valence electrons. The number of rotatable bonds is 1. The van der Waals surface area contributed by atoms with Gasteiger partial charge in [-0.3, -0.25) is 0 Å². The highest BCUT2D eigenvalue weighted by atomic mass is 15.2. The standard InChI is InChI=1S/C12H19N3/c1-4-15-7-12(2,3)8-5-9(13)10(14)6-11(8)15/h5-6H,4,7,13-14H2,1-3H3. The summed E-state index contributed by atoms with van der Waals surface area (Å²) in [4.78, 5) is 2.35. The summed E-state index contributed by atoms with van der Waals surface area (Å²) < 4.78 is 0. The Bertz CT molecular complexity index is 396. The van der Waals surface area contributed by atoms with Gasteiger partial charge in [-0.05, 0) is 24.6 Å². The lowest BCUT2D eigenvalue weighted by molar-refractivity contribution is 0.554. The first-order chi connectivity index (χ1) is 6.95. The maximum absolute atomic E-state index is 5.86. The van der Waals surface area contributed by atoms with Gasteiger partial charge in [0.2, 0.25) is 0 Å². The van der Waals surface area contributed by atoms with Crippen molar-refractivity contribution in [2.24, 2.45) is 0 Å². The van der Waals surface area contributed by atoms with Crippen LogP contribution in [0.1, 0.15) is 26.3 Å². The third-order valence-corrected chi connectivity index (χ3v) is 3.24. The van der Waals surface area contributed by atoms with Crippen LogP contribution in [-0.4, -0.2) is 13.1 Å². The van der Waals surface area contributed by atoms with E-state index in [1.54, 1.807) is 0 Å². The first-order valence-corrected chi connectivity index (χ1v) is 5.40. The van der Waals surface area contributed by atoms with Crippen molar-refractivity contribution < 1.29 is 0 Å². The maximum Gasteiger partial charge on any atom is 0.0568 e. The molecule has 1 aromatic carbocycles. The zero-order valence-corrected chi connectivity index (χ0v) is 9.67. The molecule has 0 spiro atoms. The Labute approximate surface area is 91.1 Å². The molecule has 1 aliphatic heterocycles. The minimum atomic E-state index is 0.174. The average molecular weight is 205 g/mol. The van der Waals surface area contributed by atoms with E-state index in [0.717, 1.165) is 13.1 Å². The highest BCUT2D eigenvalue weighted by molar-refractivity contribution is 5.76. The molecule has 15 heavy (non-hydrogen) atoms. The van der Waals surface area contributed by atoms with Crippen molar-refractivity contribution >= 4 is 17.1 Å². The fraction of sp³-hybridized carbons (Fsp3) is 0.500. The van der Waals surface area contributed by atoms with Crippen LogP contribution in [0.4, 0.5) is 17.1 Å². The van der Waals surface area contributed by atoms with E-state index in [1.165, 1.54) is 11.3 Å². The first-order valence-electron chi connectivity index (χ1n) is 5.40. The van der Waals surface area contributed by atoms with E-state index in [-0.39, 0.29) is 5.41 Å². The van der Waals surface area contributed by atoms with Crippen molar-refractivity contribution in [3.63, 3.8) is 0 Å². The summed E-state index contributed by atoms with van der Waals surface area (Å²) >= 11 is 0. The highest BCUT2D eigenvalue weighted by Gasteiger charge is 2.34. The van der Waals surface area contributed by atoms with Crippen molar-refractivity contribution in [3.05, 3.63) is 17.7 Å². The zero-order valence-electron chi connectivity index (χ0n) is 9.67. The second kappa shape index (κ2) is 3.05. The van der Waals surface area contributed by atoms with E-state index >= 15 is 0 Å². The quantitative estimate of drug-likeness (QED) is 0.689. The average Bonchev–Trinajstić information content (AvgIpc) is 2.40. The Morgan fingerprint density at radius 2 is 1.87 bits per heavy atom. The molecule has 4 N–H and O–H groups in total. The number of likely N-dealkylation sites (N-methyl/N-ethyl adjacent to an activating group) is 1. The van der Waals surface area contributed by atoms with Crippen LogP contribution in [0.5, 0.6) is 0 Å². The van der Waals surface area contributed by atoms with Gasteiger partial charge in [0.25, 0.3) is 0 Å². The van der Waals surface area contributed by atoms with Crippen molar-refractivity contribution in [2.45, 2.75) is 26.2 Å². The molecule has 0 aromatic heterocycles. The normalized spacial score (nSPS) is 17.9. The molecule has 2 rings (SSSR count). The molecule has 3 heteroatoms.